The van der Waals surface area contributed by atoms with Gasteiger partial charge in [-0.15, -0.1) is 0 Å². The number of benzene rings is 3. The van der Waals surface area contributed by atoms with Gasteiger partial charge >= 0.3 is 6.03 Å². The first kappa shape index (κ1) is 24.7. The minimum Gasteiger partial charge on any atom is -0.490 e. The average molecular weight is 508 g/mol. The second-order valence-electron chi connectivity index (χ2n) is 7.86. The Morgan fingerprint density at radius 2 is 1.78 bits per heavy atom. The minimum atomic E-state index is -0.511. The number of rotatable bonds is 9. The van der Waals surface area contributed by atoms with E-state index in [2.05, 4.69) is 5.32 Å². The first-order valence-electron chi connectivity index (χ1n) is 11.1. The second-order valence-corrected chi connectivity index (χ2v) is 8.30. The van der Waals surface area contributed by atoms with Gasteiger partial charge in [-0.05, 0) is 54.0 Å². The molecule has 10 heteroatoms. The van der Waals surface area contributed by atoms with Crippen LogP contribution in [-0.4, -0.2) is 28.4 Å². The number of hydrogen-bond acceptors (Lipinski definition) is 6. The predicted octanol–water partition coefficient (Wildman–Crippen LogP) is 5.32. The lowest BCUT2D eigenvalue weighted by Gasteiger charge is -2.13. The lowest BCUT2D eigenvalue weighted by molar-refractivity contribution is -0.384. The van der Waals surface area contributed by atoms with Crippen LogP contribution < -0.4 is 14.8 Å². The van der Waals surface area contributed by atoms with Crippen molar-refractivity contribution in [2.45, 2.75) is 20.1 Å². The van der Waals surface area contributed by atoms with Gasteiger partial charge in [-0.3, -0.25) is 19.8 Å². The number of ether oxygens (including phenoxy) is 2. The fraction of sp³-hybridized carbons (Fsp3) is 0.154. The normalized spacial score (nSPS) is 14.2. The summed E-state index contributed by atoms with van der Waals surface area (Å²) >= 11 is 5.90. The van der Waals surface area contributed by atoms with Crippen molar-refractivity contribution in [2.75, 3.05) is 6.61 Å². The molecule has 0 aliphatic carbocycles. The molecule has 184 valence electrons. The third kappa shape index (κ3) is 5.81. The van der Waals surface area contributed by atoms with Gasteiger partial charge in [0.05, 0.1) is 18.1 Å². The molecule has 9 nitrogen and oxygen atoms in total. The molecule has 0 aromatic heterocycles. The Morgan fingerprint density at radius 3 is 2.50 bits per heavy atom. The van der Waals surface area contributed by atoms with Gasteiger partial charge in [-0.1, -0.05) is 41.9 Å². The van der Waals surface area contributed by atoms with Crippen LogP contribution in [0, 0.1) is 10.1 Å². The van der Waals surface area contributed by atoms with Crippen LogP contribution in [0.4, 0.5) is 10.5 Å². The average Bonchev–Trinajstić information content (AvgIpc) is 3.12. The molecule has 3 aromatic rings. The number of hydrogen-bond donors (Lipinski definition) is 1. The largest absolute Gasteiger partial charge is 0.490 e. The van der Waals surface area contributed by atoms with E-state index in [0.29, 0.717) is 34.3 Å². The van der Waals surface area contributed by atoms with Gasteiger partial charge in [-0.25, -0.2) is 4.79 Å². The quantitative estimate of drug-likeness (QED) is 0.182. The first-order valence-corrected chi connectivity index (χ1v) is 11.4. The van der Waals surface area contributed by atoms with Crippen LogP contribution >= 0.6 is 11.6 Å². The second kappa shape index (κ2) is 10.9. The molecule has 0 unspecified atom stereocenters. The van der Waals surface area contributed by atoms with E-state index in [4.69, 9.17) is 21.1 Å². The first-order chi connectivity index (χ1) is 17.3. The molecule has 3 aromatic carbocycles. The van der Waals surface area contributed by atoms with Crippen molar-refractivity contribution in [3.63, 3.8) is 0 Å². The number of nitro groups is 1. The van der Waals surface area contributed by atoms with Gasteiger partial charge in [0, 0.05) is 17.2 Å². The van der Waals surface area contributed by atoms with Crippen molar-refractivity contribution in [1.29, 1.82) is 0 Å². The van der Waals surface area contributed by atoms with E-state index >= 15 is 0 Å². The number of carbonyl (C=O) groups is 2. The Morgan fingerprint density at radius 1 is 1.00 bits per heavy atom. The van der Waals surface area contributed by atoms with Crippen LogP contribution in [0.5, 0.6) is 11.5 Å². The summed E-state index contributed by atoms with van der Waals surface area (Å²) in [5.74, 6) is 0.433. The van der Waals surface area contributed by atoms with Crippen molar-refractivity contribution in [1.82, 2.24) is 10.2 Å². The van der Waals surface area contributed by atoms with Crippen LogP contribution in [0.15, 0.2) is 72.4 Å². The molecule has 3 amide bonds. The van der Waals surface area contributed by atoms with E-state index in [1.807, 2.05) is 6.92 Å². The molecule has 1 saturated heterocycles. The molecule has 0 saturated carbocycles. The highest BCUT2D eigenvalue weighted by molar-refractivity contribution is 6.30. The van der Waals surface area contributed by atoms with E-state index in [1.54, 1.807) is 60.7 Å². The molecule has 1 N–H and O–H groups in total. The summed E-state index contributed by atoms with van der Waals surface area (Å²) in [5, 5.41) is 14.2. The molecule has 1 heterocycles. The molecule has 0 atom stereocenters. The number of halogens is 1. The van der Waals surface area contributed by atoms with Gasteiger partial charge in [0.2, 0.25) is 0 Å². The molecule has 0 bridgehead atoms. The van der Waals surface area contributed by atoms with E-state index < -0.39 is 16.9 Å². The van der Waals surface area contributed by atoms with E-state index in [0.717, 1.165) is 10.5 Å². The zero-order chi connectivity index (χ0) is 25.7. The lowest BCUT2D eigenvalue weighted by Crippen LogP contribution is -2.30. The lowest BCUT2D eigenvalue weighted by atomic mass is 10.1. The number of imide groups is 1. The maximum Gasteiger partial charge on any atom is 0.329 e. The monoisotopic (exact) mass is 507 g/mol. The molecule has 0 spiro atoms. The Hall–Kier alpha value is -4.37. The van der Waals surface area contributed by atoms with Crippen molar-refractivity contribution in [3.8, 4) is 11.5 Å². The van der Waals surface area contributed by atoms with Crippen molar-refractivity contribution >= 4 is 35.3 Å². The summed E-state index contributed by atoms with van der Waals surface area (Å²) in [4.78, 5) is 36.9. The summed E-state index contributed by atoms with van der Waals surface area (Å²) in [6.07, 6.45) is 1.56. The maximum absolute atomic E-state index is 12.8. The number of nitrogens with one attached hydrogen (secondary N) is 1. The molecule has 4 rings (SSSR count). The number of nitrogens with zero attached hydrogens (tertiary/aromatic N) is 2. The maximum atomic E-state index is 12.8. The number of urea groups is 1. The van der Waals surface area contributed by atoms with Crippen LogP contribution in [0.3, 0.4) is 0 Å². The van der Waals surface area contributed by atoms with Crippen molar-refractivity contribution in [2.24, 2.45) is 0 Å². The summed E-state index contributed by atoms with van der Waals surface area (Å²) in [5.41, 5.74) is 2.15. The van der Waals surface area contributed by atoms with Gasteiger partial charge in [-0.2, -0.15) is 0 Å². The zero-order valence-corrected chi connectivity index (χ0v) is 20.0. The molecule has 1 fully saturated rings. The number of non-ortho nitro benzene ring substituents is 1. The van der Waals surface area contributed by atoms with Crippen LogP contribution in [0.25, 0.3) is 6.08 Å². The topological polar surface area (TPSA) is 111 Å². The van der Waals surface area contributed by atoms with E-state index in [1.165, 1.54) is 12.1 Å². The Bertz CT molecular complexity index is 1340. The molecule has 1 aliphatic heterocycles. The van der Waals surface area contributed by atoms with Crippen LogP contribution in [0.2, 0.25) is 5.02 Å². The highest BCUT2D eigenvalue weighted by Gasteiger charge is 2.33. The van der Waals surface area contributed by atoms with Gasteiger partial charge in [0.15, 0.2) is 11.5 Å². The summed E-state index contributed by atoms with van der Waals surface area (Å²) in [6, 6.07) is 17.7. The highest BCUT2D eigenvalue weighted by atomic mass is 35.5. The smallest absolute Gasteiger partial charge is 0.329 e. The fourth-order valence-corrected chi connectivity index (χ4v) is 3.70. The number of amides is 3. The Kier molecular flexibility index (Phi) is 7.50. The predicted molar refractivity (Wildman–Crippen MR) is 134 cm³/mol. The summed E-state index contributed by atoms with van der Waals surface area (Å²) in [7, 11) is 0. The molecular weight excluding hydrogens is 486 g/mol. The minimum absolute atomic E-state index is 0.0171. The third-order valence-corrected chi connectivity index (χ3v) is 5.56. The molecular formula is C26H22ClN3O6. The van der Waals surface area contributed by atoms with E-state index in [9.17, 15) is 19.7 Å². The van der Waals surface area contributed by atoms with Gasteiger partial charge in [0.25, 0.3) is 11.6 Å². The fourth-order valence-electron chi connectivity index (χ4n) is 3.58. The van der Waals surface area contributed by atoms with Crippen LogP contribution in [-0.2, 0) is 17.9 Å². The van der Waals surface area contributed by atoms with Gasteiger partial charge < -0.3 is 14.8 Å². The number of carbonyl (C=O) groups excluding carboxylic acids is 2. The number of nitro benzene ring substituents is 1. The Labute approximate surface area is 212 Å². The third-order valence-electron chi connectivity index (χ3n) is 5.31. The zero-order valence-electron chi connectivity index (χ0n) is 19.3. The van der Waals surface area contributed by atoms with E-state index in [-0.39, 0.29) is 24.5 Å². The molecule has 1 aliphatic rings. The molecule has 36 heavy (non-hydrogen) atoms. The van der Waals surface area contributed by atoms with Crippen LogP contribution in [0.1, 0.15) is 23.6 Å². The summed E-state index contributed by atoms with van der Waals surface area (Å²) in [6.45, 7) is 2.42. The van der Waals surface area contributed by atoms with Crippen molar-refractivity contribution < 1.29 is 24.0 Å². The SMILES string of the molecule is CCOc1cc(/C=C2\NC(=O)N(Cc3ccc(Cl)cc3)C2=O)ccc1OCc1cccc([N+](=O)[O-])c1. The van der Waals surface area contributed by atoms with Crippen molar-refractivity contribution in [3.05, 3.63) is 104 Å². The molecule has 0 radical (unpaired) electrons. The standard InChI is InChI=1S/C26H22ClN3O6/c1-2-35-24-14-18(8-11-23(24)36-16-19-4-3-5-21(12-19)30(33)34)13-22-25(31)29(26(32)28-22)15-17-6-9-20(27)10-7-17/h3-14H,2,15-16H2,1H3,(H,28,32)/b22-13-. The summed E-state index contributed by atoms with van der Waals surface area (Å²) < 4.78 is 11.5. The van der Waals surface area contributed by atoms with Gasteiger partial charge in [0.1, 0.15) is 12.3 Å². The Balaban J connectivity index is 1.49. The highest BCUT2D eigenvalue weighted by Crippen LogP contribution is 2.31.